The molecule has 1 saturated heterocycles. The monoisotopic (exact) mass is 384 g/mol. The van der Waals surface area contributed by atoms with Crippen LogP contribution in [0.3, 0.4) is 0 Å². The molecule has 1 N–H and O–H groups in total. The van der Waals surface area contributed by atoms with Crippen LogP contribution in [0.15, 0.2) is 17.9 Å². The summed E-state index contributed by atoms with van der Waals surface area (Å²) in [6.07, 6.45) is 23.3. The number of allylic oxidation sites excluding steroid dienone is 1. The van der Waals surface area contributed by atoms with Gasteiger partial charge in [0.2, 0.25) is 0 Å². The lowest BCUT2D eigenvalue weighted by molar-refractivity contribution is 0.182. The van der Waals surface area contributed by atoms with E-state index in [1.807, 2.05) is 0 Å². The highest BCUT2D eigenvalue weighted by atomic mass is 15.4. The van der Waals surface area contributed by atoms with E-state index < -0.39 is 0 Å². The predicted octanol–water partition coefficient (Wildman–Crippen LogP) is 6.43. The molecule has 0 radical (unpaired) electrons. The van der Waals surface area contributed by atoms with E-state index in [9.17, 15) is 0 Å². The molecule has 3 aliphatic carbocycles. The molecule has 3 atom stereocenters. The van der Waals surface area contributed by atoms with Crippen LogP contribution in [0.4, 0.5) is 0 Å². The molecule has 4 rings (SSSR count). The fraction of sp³-hybridized carbons (Fsp3) is 0.885. The Morgan fingerprint density at radius 1 is 0.857 bits per heavy atom. The van der Waals surface area contributed by atoms with E-state index in [-0.39, 0.29) is 0 Å². The SMILES string of the molecule is C=C=C(CC1CCCCC1)[C@H]1CC[C@@H](CC[C@H]2N[C@H]3CCCC[C@H]3N2C)CC1. The lowest BCUT2D eigenvalue weighted by atomic mass is 9.74. The first-order valence-electron chi connectivity index (χ1n) is 12.6. The zero-order valence-corrected chi connectivity index (χ0v) is 18.4. The smallest absolute Gasteiger partial charge is 0.0600 e. The number of nitrogens with zero attached hydrogens (tertiary/aromatic N) is 1. The summed E-state index contributed by atoms with van der Waals surface area (Å²) >= 11 is 0. The molecular weight excluding hydrogens is 340 g/mol. The second-order valence-corrected chi connectivity index (χ2v) is 10.5. The zero-order chi connectivity index (χ0) is 19.3. The Bertz CT molecular complexity index is 535. The molecule has 1 heterocycles. The van der Waals surface area contributed by atoms with Crippen molar-refractivity contribution in [3.8, 4) is 0 Å². The van der Waals surface area contributed by atoms with Crippen molar-refractivity contribution in [3.63, 3.8) is 0 Å². The molecule has 2 heteroatoms. The van der Waals surface area contributed by atoms with Crippen molar-refractivity contribution in [2.45, 2.75) is 121 Å². The summed E-state index contributed by atoms with van der Waals surface area (Å²) in [4.78, 5) is 2.68. The predicted molar refractivity (Wildman–Crippen MR) is 119 cm³/mol. The van der Waals surface area contributed by atoms with Crippen LogP contribution in [-0.4, -0.2) is 30.2 Å². The third-order valence-electron chi connectivity index (χ3n) is 8.80. The quantitative estimate of drug-likeness (QED) is 0.531. The summed E-state index contributed by atoms with van der Waals surface area (Å²) in [6.45, 7) is 4.08. The third-order valence-corrected chi connectivity index (χ3v) is 8.80. The van der Waals surface area contributed by atoms with Gasteiger partial charge in [-0.3, -0.25) is 10.2 Å². The molecule has 4 aliphatic rings. The van der Waals surface area contributed by atoms with E-state index in [0.29, 0.717) is 6.17 Å². The van der Waals surface area contributed by atoms with Crippen LogP contribution >= 0.6 is 0 Å². The standard InChI is InChI=1S/C26H44N2/c1-3-22(19-21-9-5-4-6-10-21)23-16-13-20(14-17-23)15-18-26-27-24-11-7-8-12-25(24)28(26)2/h20-21,23-27H,1,4-19H2,2H3/t20-,23+,24-,25+,26-/m0/s1. The summed E-state index contributed by atoms with van der Waals surface area (Å²) in [5.74, 6) is 2.68. The minimum absolute atomic E-state index is 0.640. The van der Waals surface area contributed by atoms with Gasteiger partial charge in [0.25, 0.3) is 0 Å². The van der Waals surface area contributed by atoms with Gasteiger partial charge in [0.1, 0.15) is 0 Å². The van der Waals surface area contributed by atoms with Gasteiger partial charge in [0.05, 0.1) is 6.17 Å². The molecule has 0 unspecified atom stereocenters. The van der Waals surface area contributed by atoms with Crippen molar-refractivity contribution < 1.29 is 0 Å². The van der Waals surface area contributed by atoms with Gasteiger partial charge in [-0.2, -0.15) is 0 Å². The van der Waals surface area contributed by atoms with E-state index in [1.165, 1.54) is 103 Å². The van der Waals surface area contributed by atoms with E-state index >= 15 is 0 Å². The molecule has 158 valence electrons. The molecule has 3 saturated carbocycles. The molecule has 0 bridgehead atoms. The first-order chi connectivity index (χ1) is 13.7. The van der Waals surface area contributed by atoms with Crippen molar-refractivity contribution in [3.05, 3.63) is 17.9 Å². The van der Waals surface area contributed by atoms with Crippen LogP contribution in [0.25, 0.3) is 0 Å². The van der Waals surface area contributed by atoms with E-state index in [4.69, 9.17) is 0 Å². The fourth-order valence-electron chi connectivity index (χ4n) is 6.95. The van der Waals surface area contributed by atoms with Crippen LogP contribution in [0, 0.1) is 17.8 Å². The lowest BCUT2D eigenvalue weighted by Gasteiger charge is -2.33. The Labute approximate surface area is 174 Å². The Morgan fingerprint density at radius 3 is 2.29 bits per heavy atom. The fourth-order valence-corrected chi connectivity index (χ4v) is 6.95. The van der Waals surface area contributed by atoms with Gasteiger partial charge in [-0.05, 0) is 88.2 Å². The molecule has 4 fully saturated rings. The first-order valence-corrected chi connectivity index (χ1v) is 12.6. The van der Waals surface area contributed by atoms with Crippen LogP contribution in [0.2, 0.25) is 0 Å². The molecule has 0 aromatic rings. The molecule has 2 nitrogen and oxygen atoms in total. The van der Waals surface area contributed by atoms with Gasteiger partial charge < -0.3 is 0 Å². The molecule has 0 amide bonds. The second kappa shape index (κ2) is 9.96. The number of fused-ring (bicyclic) bond motifs is 1. The Hall–Kier alpha value is -0.560. The highest BCUT2D eigenvalue weighted by Crippen LogP contribution is 2.40. The van der Waals surface area contributed by atoms with Crippen molar-refractivity contribution in [2.24, 2.45) is 17.8 Å². The van der Waals surface area contributed by atoms with Crippen molar-refractivity contribution >= 4 is 0 Å². The molecule has 0 spiro atoms. The van der Waals surface area contributed by atoms with Crippen molar-refractivity contribution in [2.75, 3.05) is 7.05 Å². The minimum atomic E-state index is 0.640. The largest absolute Gasteiger partial charge is 0.297 e. The first kappa shape index (κ1) is 20.7. The third kappa shape index (κ3) is 4.94. The van der Waals surface area contributed by atoms with Crippen LogP contribution < -0.4 is 5.32 Å². The highest BCUT2D eigenvalue weighted by Gasteiger charge is 2.39. The number of rotatable bonds is 6. The van der Waals surface area contributed by atoms with Gasteiger partial charge in [-0.15, -0.1) is 5.73 Å². The van der Waals surface area contributed by atoms with E-state index in [1.54, 1.807) is 5.57 Å². The molecular formula is C26H44N2. The van der Waals surface area contributed by atoms with Crippen LogP contribution in [0.1, 0.15) is 103 Å². The normalized spacial score (nSPS) is 37.4. The van der Waals surface area contributed by atoms with E-state index in [0.717, 1.165) is 29.8 Å². The number of hydrogen-bond donors (Lipinski definition) is 1. The average Bonchev–Trinajstić information content (AvgIpc) is 3.07. The average molecular weight is 385 g/mol. The Balaban J connectivity index is 1.19. The summed E-state index contributed by atoms with van der Waals surface area (Å²) in [7, 11) is 2.37. The topological polar surface area (TPSA) is 15.3 Å². The maximum absolute atomic E-state index is 4.08. The van der Waals surface area contributed by atoms with Crippen molar-refractivity contribution in [1.82, 2.24) is 10.2 Å². The number of nitrogens with one attached hydrogen (secondary N) is 1. The van der Waals surface area contributed by atoms with Gasteiger partial charge >= 0.3 is 0 Å². The molecule has 28 heavy (non-hydrogen) atoms. The Kier molecular flexibility index (Phi) is 7.37. The highest BCUT2D eigenvalue weighted by molar-refractivity contribution is 5.07. The Morgan fingerprint density at radius 2 is 1.57 bits per heavy atom. The zero-order valence-electron chi connectivity index (χ0n) is 18.4. The lowest BCUT2D eigenvalue weighted by Crippen LogP contribution is -2.37. The van der Waals surface area contributed by atoms with Crippen molar-refractivity contribution in [1.29, 1.82) is 0 Å². The van der Waals surface area contributed by atoms with Gasteiger partial charge in [-0.25, -0.2) is 0 Å². The summed E-state index contributed by atoms with van der Waals surface area (Å²) in [5, 5.41) is 3.97. The summed E-state index contributed by atoms with van der Waals surface area (Å²) in [5.41, 5.74) is 4.98. The summed E-state index contributed by atoms with van der Waals surface area (Å²) in [6, 6.07) is 1.59. The molecule has 0 aromatic heterocycles. The van der Waals surface area contributed by atoms with Gasteiger partial charge in [0, 0.05) is 12.1 Å². The summed E-state index contributed by atoms with van der Waals surface area (Å²) < 4.78 is 0. The van der Waals surface area contributed by atoms with Gasteiger partial charge in [-0.1, -0.05) is 51.5 Å². The maximum atomic E-state index is 4.08. The molecule has 0 aromatic carbocycles. The van der Waals surface area contributed by atoms with Crippen LogP contribution in [-0.2, 0) is 0 Å². The van der Waals surface area contributed by atoms with Crippen LogP contribution in [0.5, 0.6) is 0 Å². The maximum Gasteiger partial charge on any atom is 0.0600 e. The van der Waals surface area contributed by atoms with Gasteiger partial charge in [0.15, 0.2) is 0 Å². The minimum Gasteiger partial charge on any atom is -0.297 e. The second-order valence-electron chi connectivity index (χ2n) is 10.5. The molecule has 1 aliphatic heterocycles. The van der Waals surface area contributed by atoms with E-state index in [2.05, 4.69) is 29.6 Å². The number of likely N-dealkylation sites (N-methyl/N-ethyl adjacent to an activating group) is 1. The number of hydrogen-bond acceptors (Lipinski definition) is 2.